The highest BCUT2D eigenvalue weighted by Gasteiger charge is 2.23. The average Bonchev–Trinajstić information content (AvgIpc) is 2.52. The summed E-state index contributed by atoms with van der Waals surface area (Å²) in [6.07, 6.45) is 2.58. The average molecular weight is 244 g/mol. The Balaban J connectivity index is 3.08. The van der Waals surface area contributed by atoms with Crippen LogP contribution in [0, 0.1) is 5.41 Å². The van der Waals surface area contributed by atoms with Gasteiger partial charge in [0.15, 0.2) is 0 Å². The van der Waals surface area contributed by atoms with Gasteiger partial charge in [-0.15, -0.1) is 0 Å². The van der Waals surface area contributed by atoms with Gasteiger partial charge in [-0.25, -0.2) is 13.2 Å². The van der Waals surface area contributed by atoms with Crippen LogP contribution in [0.2, 0.25) is 0 Å². The molecule has 6 heteroatoms. The smallest absolute Gasteiger partial charge is 0.244 e. The summed E-state index contributed by atoms with van der Waals surface area (Å²) >= 11 is 0. The molecule has 0 radical (unpaired) electrons. The molecular formula is C10H16N2O3S. The lowest BCUT2D eigenvalue weighted by atomic mass is 9.88. The van der Waals surface area contributed by atoms with Crippen LogP contribution in [0.3, 0.4) is 0 Å². The number of hydrazone groups is 1. The van der Waals surface area contributed by atoms with E-state index in [2.05, 4.69) is 9.93 Å². The third-order valence-corrected chi connectivity index (χ3v) is 2.21. The Labute approximate surface area is 95.6 Å². The highest BCUT2D eigenvalue weighted by molar-refractivity contribution is 7.88. The summed E-state index contributed by atoms with van der Waals surface area (Å²) in [5, 5.41) is 3.89. The molecule has 90 valence electrons. The molecule has 0 spiro atoms. The van der Waals surface area contributed by atoms with Crippen molar-refractivity contribution in [2.24, 2.45) is 10.5 Å². The van der Waals surface area contributed by atoms with Crippen LogP contribution < -0.4 is 4.83 Å². The van der Waals surface area contributed by atoms with Gasteiger partial charge in [0.05, 0.1) is 12.5 Å². The second kappa shape index (κ2) is 4.29. The van der Waals surface area contributed by atoms with Crippen molar-refractivity contribution in [3.63, 3.8) is 0 Å². The quantitative estimate of drug-likeness (QED) is 0.648. The van der Waals surface area contributed by atoms with E-state index in [1.54, 1.807) is 12.1 Å². The molecule has 1 N–H and O–H groups in total. The third kappa shape index (κ3) is 3.69. The lowest BCUT2D eigenvalue weighted by Crippen LogP contribution is -2.26. The summed E-state index contributed by atoms with van der Waals surface area (Å²) in [7, 11) is -3.35. The van der Waals surface area contributed by atoms with Gasteiger partial charge < -0.3 is 4.42 Å². The molecule has 1 aromatic heterocycles. The van der Waals surface area contributed by atoms with Gasteiger partial charge in [0.1, 0.15) is 11.5 Å². The molecule has 0 aliphatic carbocycles. The van der Waals surface area contributed by atoms with Crippen molar-refractivity contribution in [1.29, 1.82) is 0 Å². The van der Waals surface area contributed by atoms with E-state index in [9.17, 15) is 8.42 Å². The molecular weight excluding hydrogens is 228 g/mol. The molecule has 0 atom stereocenters. The van der Waals surface area contributed by atoms with Crippen LogP contribution in [-0.4, -0.2) is 20.4 Å². The Hall–Kier alpha value is -1.30. The molecule has 0 aromatic carbocycles. The fourth-order valence-corrected chi connectivity index (χ4v) is 1.39. The number of furan rings is 1. The van der Waals surface area contributed by atoms with Crippen molar-refractivity contribution in [1.82, 2.24) is 4.83 Å². The van der Waals surface area contributed by atoms with Crippen molar-refractivity contribution < 1.29 is 12.8 Å². The van der Waals surface area contributed by atoms with E-state index in [0.29, 0.717) is 11.5 Å². The van der Waals surface area contributed by atoms with Gasteiger partial charge in [0.2, 0.25) is 10.0 Å². The van der Waals surface area contributed by atoms with E-state index in [-0.39, 0.29) is 5.41 Å². The number of nitrogens with one attached hydrogen (secondary N) is 1. The predicted octanol–water partition coefficient (Wildman–Crippen LogP) is 1.58. The van der Waals surface area contributed by atoms with Crippen molar-refractivity contribution in [3.05, 3.63) is 24.2 Å². The molecule has 1 heterocycles. The molecule has 1 rings (SSSR count). The highest BCUT2D eigenvalue weighted by atomic mass is 32.2. The van der Waals surface area contributed by atoms with Gasteiger partial charge in [-0.3, -0.25) is 0 Å². The van der Waals surface area contributed by atoms with Gasteiger partial charge in [-0.05, 0) is 12.1 Å². The van der Waals surface area contributed by atoms with E-state index in [1.807, 2.05) is 20.8 Å². The topological polar surface area (TPSA) is 71.7 Å². The number of nitrogens with zero attached hydrogens (tertiary/aromatic N) is 1. The maximum Gasteiger partial charge on any atom is 0.244 e. The Morgan fingerprint density at radius 3 is 2.44 bits per heavy atom. The first-order valence-corrected chi connectivity index (χ1v) is 6.68. The van der Waals surface area contributed by atoms with Crippen LogP contribution in [0.15, 0.2) is 27.9 Å². The summed E-state index contributed by atoms with van der Waals surface area (Å²) in [4.78, 5) is 2.12. The molecule has 0 unspecified atom stereocenters. The Morgan fingerprint density at radius 1 is 1.44 bits per heavy atom. The number of sulfonamides is 1. The summed E-state index contributed by atoms with van der Waals surface area (Å²) in [6, 6.07) is 3.48. The standard InChI is InChI=1S/C10H16N2O3S/c1-10(2,3)9(8-6-5-7-15-8)11-12-16(4,13)14/h5-7,12H,1-4H3/b11-9+. The van der Waals surface area contributed by atoms with Gasteiger partial charge in [-0.2, -0.15) is 5.10 Å². The van der Waals surface area contributed by atoms with Crippen molar-refractivity contribution in [2.75, 3.05) is 6.26 Å². The zero-order valence-electron chi connectivity index (χ0n) is 9.81. The minimum Gasteiger partial charge on any atom is -0.463 e. The lowest BCUT2D eigenvalue weighted by Gasteiger charge is -2.19. The van der Waals surface area contributed by atoms with Crippen molar-refractivity contribution in [2.45, 2.75) is 20.8 Å². The lowest BCUT2D eigenvalue weighted by molar-refractivity contribution is 0.521. The molecule has 0 bridgehead atoms. The van der Waals surface area contributed by atoms with E-state index >= 15 is 0 Å². The van der Waals surface area contributed by atoms with Gasteiger partial charge in [-0.1, -0.05) is 20.8 Å². The van der Waals surface area contributed by atoms with Crippen LogP contribution in [0.25, 0.3) is 0 Å². The molecule has 0 saturated carbocycles. The van der Waals surface area contributed by atoms with Crippen LogP contribution in [-0.2, 0) is 10.0 Å². The van der Waals surface area contributed by atoms with Crippen LogP contribution in [0.1, 0.15) is 26.5 Å². The van der Waals surface area contributed by atoms with Crippen LogP contribution in [0.5, 0.6) is 0 Å². The molecule has 0 amide bonds. The summed E-state index contributed by atoms with van der Waals surface area (Å²) < 4.78 is 27.2. The van der Waals surface area contributed by atoms with Crippen LogP contribution >= 0.6 is 0 Å². The zero-order chi connectivity index (χ0) is 12.4. The minimum atomic E-state index is -3.35. The van der Waals surface area contributed by atoms with Crippen LogP contribution in [0.4, 0.5) is 0 Å². The number of hydrogen-bond donors (Lipinski definition) is 1. The monoisotopic (exact) mass is 244 g/mol. The SMILES string of the molecule is CC(C)(C)/C(=N/NS(C)(=O)=O)c1ccco1. The number of hydrogen-bond acceptors (Lipinski definition) is 4. The second-order valence-corrected chi connectivity index (χ2v) is 6.28. The van der Waals surface area contributed by atoms with Gasteiger partial charge >= 0.3 is 0 Å². The van der Waals surface area contributed by atoms with Gasteiger partial charge in [0, 0.05) is 5.41 Å². The first-order chi connectivity index (χ1) is 7.20. The summed E-state index contributed by atoms with van der Waals surface area (Å²) in [6.45, 7) is 5.79. The first kappa shape index (κ1) is 12.8. The molecule has 0 aliphatic heterocycles. The maximum absolute atomic E-state index is 11.0. The zero-order valence-corrected chi connectivity index (χ0v) is 10.6. The normalized spacial score (nSPS) is 13.9. The maximum atomic E-state index is 11.0. The Morgan fingerprint density at radius 2 is 2.06 bits per heavy atom. The highest BCUT2D eigenvalue weighted by Crippen LogP contribution is 2.21. The molecule has 0 fully saturated rings. The second-order valence-electron chi connectivity index (χ2n) is 4.55. The molecule has 0 saturated heterocycles. The van der Waals surface area contributed by atoms with E-state index in [0.717, 1.165) is 6.26 Å². The molecule has 1 aromatic rings. The van der Waals surface area contributed by atoms with Gasteiger partial charge in [0.25, 0.3) is 0 Å². The van der Waals surface area contributed by atoms with Crippen molar-refractivity contribution >= 4 is 15.7 Å². The van der Waals surface area contributed by atoms with E-state index in [1.165, 1.54) is 6.26 Å². The summed E-state index contributed by atoms with van der Waals surface area (Å²) in [5.41, 5.74) is 0.248. The Kier molecular flexibility index (Phi) is 3.42. The van der Waals surface area contributed by atoms with E-state index in [4.69, 9.17) is 4.42 Å². The molecule has 16 heavy (non-hydrogen) atoms. The fraction of sp³-hybridized carbons (Fsp3) is 0.500. The molecule has 0 aliphatic rings. The van der Waals surface area contributed by atoms with Crippen molar-refractivity contribution in [3.8, 4) is 0 Å². The van der Waals surface area contributed by atoms with E-state index < -0.39 is 10.0 Å². The first-order valence-electron chi connectivity index (χ1n) is 4.79. The summed E-state index contributed by atoms with van der Waals surface area (Å²) in [5.74, 6) is 0.559. The largest absolute Gasteiger partial charge is 0.463 e. The molecule has 5 nitrogen and oxygen atoms in total. The fourth-order valence-electron chi connectivity index (χ4n) is 1.13. The minimum absolute atomic E-state index is 0.310. The Bertz CT molecular complexity index is 467. The third-order valence-electron chi connectivity index (χ3n) is 1.79. The number of rotatable bonds is 3. The predicted molar refractivity (Wildman–Crippen MR) is 62.7 cm³/mol.